The lowest BCUT2D eigenvalue weighted by molar-refractivity contribution is -0.144. The van der Waals surface area contributed by atoms with Gasteiger partial charge in [0.15, 0.2) is 0 Å². The molecule has 0 rings (SSSR count). The molecule has 192 valence electrons. The van der Waals surface area contributed by atoms with E-state index in [1.165, 1.54) is 0 Å². The molecule has 0 saturated heterocycles. The van der Waals surface area contributed by atoms with Crippen LogP contribution in [0.1, 0.15) is 46.0 Å². The summed E-state index contributed by atoms with van der Waals surface area (Å²) >= 11 is 0. The second-order valence-corrected chi connectivity index (χ2v) is 7.96. The maximum atomic E-state index is 12.8. The first-order chi connectivity index (χ1) is 15.6. The zero-order valence-electron chi connectivity index (χ0n) is 18.8. The molecule has 10 N–H and O–H groups in total. The van der Waals surface area contributed by atoms with Gasteiger partial charge in [0, 0.05) is 6.42 Å². The van der Waals surface area contributed by atoms with Crippen molar-refractivity contribution in [2.24, 2.45) is 17.4 Å². The van der Waals surface area contributed by atoms with E-state index in [-0.39, 0.29) is 12.3 Å². The van der Waals surface area contributed by atoms with Crippen LogP contribution in [0.15, 0.2) is 0 Å². The van der Waals surface area contributed by atoms with Crippen molar-refractivity contribution in [3.05, 3.63) is 0 Å². The number of rotatable bonds is 16. The Morgan fingerprint density at radius 2 is 1.24 bits per heavy atom. The monoisotopic (exact) mass is 489 g/mol. The Morgan fingerprint density at radius 1 is 0.735 bits per heavy atom. The quantitative estimate of drug-likeness (QED) is 0.109. The van der Waals surface area contributed by atoms with Crippen LogP contribution in [0, 0.1) is 5.92 Å². The standard InChI is InChI=1S/C19H31N5O10/c1-8(2)5-11(23-16(30)9(20)6-13(21)25)17(31)24-12(7-15(28)29)18(32)22-10(19(33)34)3-4-14(26)27/h8-12H,3-7,20H2,1-2H3,(H2,21,25)(H,22,32)(H,23,30)(H,24,31)(H,26,27)(H,28,29)(H,33,34). The molecule has 0 fully saturated rings. The molecule has 0 aromatic heterocycles. The topological polar surface area (TPSA) is 268 Å². The van der Waals surface area contributed by atoms with Gasteiger partial charge in [0.2, 0.25) is 23.6 Å². The van der Waals surface area contributed by atoms with E-state index in [0.29, 0.717) is 0 Å². The Kier molecular flexibility index (Phi) is 12.8. The predicted molar refractivity (Wildman–Crippen MR) is 114 cm³/mol. The molecule has 0 saturated carbocycles. The van der Waals surface area contributed by atoms with Crippen LogP contribution >= 0.6 is 0 Å². The first kappa shape index (κ1) is 30.2. The van der Waals surface area contributed by atoms with Crippen LogP contribution in [-0.4, -0.2) is 81.0 Å². The van der Waals surface area contributed by atoms with Crippen molar-refractivity contribution in [1.29, 1.82) is 0 Å². The summed E-state index contributed by atoms with van der Waals surface area (Å²) in [6.07, 6.45) is -2.42. The molecule has 0 aliphatic heterocycles. The summed E-state index contributed by atoms with van der Waals surface area (Å²) in [5, 5.41) is 33.5. The smallest absolute Gasteiger partial charge is 0.326 e. The van der Waals surface area contributed by atoms with Crippen molar-refractivity contribution in [3.63, 3.8) is 0 Å². The van der Waals surface area contributed by atoms with Crippen molar-refractivity contribution in [3.8, 4) is 0 Å². The molecule has 0 aromatic carbocycles. The summed E-state index contributed by atoms with van der Waals surface area (Å²) in [5.41, 5.74) is 10.6. The van der Waals surface area contributed by atoms with Crippen molar-refractivity contribution in [2.75, 3.05) is 0 Å². The number of carbonyl (C=O) groups is 7. The van der Waals surface area contributed by atoms with Crippen molar-refractivity contribution < 1.29 is 48.9 Å². The highest BCUT2D eigenvalue weighted by atomic mass is 16.4. The summed E-state index contributed by atoms with van der Waals surface area (Å²) < 4.78 is 0. The number of nitrogens with two attached hydrogens (primary N) is 2. The average molecular weight is 489 g/mol. The molecule has 0 aliphatic carbocycles. The average Bonchev–Trinajstić information content (AvgIpc) is 2.68. The van der Waals surface area contributed by atoms with E-state index in [0.717, 1.165) is 0 Å². The molecule has 15 heteroatoms. The second kappa shape index (κ2) is 14.4. The molecular formula is C19H31N5O10. The lowest BCUT2D eigenvalue weighted by Crippen LogP contribution is -2.58. The van der Waals surface area contributed by atoms with Crippen molar-refractivity contribution in [1.82, 2.24) is 16.0 Å². The highest BCUT2D eigenvalue weighted by molar-refractivity contribution is 5.96. The highest BCUT2D eigenvalue weighted by Gasteiger charge is 2.32. The van der Waals surface area contributed by atoms with Gasteiger partial charge in [-0.05, 0) is 18.8 Å². The fourth-order valence-electron chi connectivity index (χ4n) is 2.74. The molecule has 4 amide bonds. The van der Waals surface area contributed by atoms with Gasteiger partial charge in [0.05, 0.1) is 18.9 Å². The summed E-state index contributed by atoms with van der Waals surface area (Å²) in [6.45, 7) is 3.44. The molecular weight excluding hydrogens is 458 g/mol. The Morgan fingerprint density at radius 3 is 1.68 bits per heavy atom. The van der Waals surface area contributed by atoms with Crippen molar-refractivity contribution >= 4 is 41.5 Å². The molecule has 4 atom stereocenters. The van der Waals surface area contributed by atoms with E-state index in [1.54, 1.807) is 13.8 Å². The van der Waals surface area contributed by atoms with Gasteiger partial charge in [-0.2, -0.15) is 0 Å². The molecule has 4 unspecified atom stereocenters. The van der Waals surface area contributed by atoms with E-state index in [4.69, 9.17) is 21.7 Å². The minimum atomic E-state index is -1.73. The van der Waals surface area contributed by atoms with Gasteiger partial charge in [0.1, 0.15) is 18.1 Å². The molecule has 0 aromatic rings. The maximum absolute atomic E-state index is 12.8. The Bertz CT molecular complexity index is 800. The molecule has 15 nitrogen and oxygen atoms in total. The number of primary amides is 1. The zero-order valence-corrected chi connectivity index (χ0v) is 18.8. The van der Waals surface area contributed by atoms with Gasteiger partial charge in [-0.15, -0.1) is 0 Å². The molecule has 34 heavy (non-hydrogen) atoms. The second-order valence-electron chi connectivity index (χ2n) is 7.96. The molecule has 0 heterocycles. The minimum Gasteiger partial charge on any atom is -0.481 e. The van der Waals surface area contributed by atoms with E-state index in [1.807, 2.05) is 5.32 Å². The SMILES string of the molecule is CC(C)CC(NC(=O)C(N)CC(N)=O)C(=O)NC(CC(=O)O)C(=O)NC(CCC(=O)O)C(=O)O. The lowest BCUT2D eigenvalue weighted by atomic mass is 10.0. The number of nitrogens with one attached hydrogen (secondary N) is 3. The Hall–Kier alpha value is -3.75. The normalized spacial score (nSPS) is 14.2. The van der Waals surface area contributed by atoms with Crippen LogP contribution in [0.2, 0.25) is 0 Å². The molecule has 0 aliphatic rings. The molecule has 0 spiro atoms. The number of carboxylic acid groups (broad SMARTS) is 3. The van der Waals surface area contributed by atoms with Gasteiger partial charge in [-0.3, -0.25) is 28.8 Å². The lowest BCUT2D eigenvalue weighted by Gasteiger charge is -2.25. The van der Waals surface area contributed by atoms with E-state index in [9.17, 15) is 38.7 Å². The number of carbonyl (C=O) groups excluding carboxylic acids is 4. The van der Waals surface area contributed by atoms with E-state index >= 15 is 0 Å². The van der Waals surface area contributed by atoms with Crippen LogP contribution in [0.5, 0.6) is 0 Å². The zero-order chi connectivity index (χ0) is 26.6. The minimum absolute atomic E-state index is 0.0542. The number of carboxylic acids is 3. The molecule has 0 bridgehead atoms. The fraction of sp³-hybridized carbons (Fsp3) is 0.632. The largest absolute Gasteiger partial charge is 0.481 e. The van der Waals surface area contributed by atoms with Gasteiger partial charge in [-0.25, -0.2) is 4.79 Å². The summed E-state index contributed by atoms with van der Waals surface area (Å²) in [7, 11) is 0. The van der Waals surface area contributed by atoms with Crippen LogP contribution in [0.4, 0.5) is 0 Å². The Balaban J connectivity index is 5.54. The van der Waals surface area contributed by atoms with Gasteiger partial charge < -0.3 is 42.7 Å². The number of hydrogen-bond donors (Lipinski definition) is 8. The maximum Gasteiger partial charge on any atom is 0.326 e. The number of aliphatic carboxylic acids is 3. The predicted octanol–water partition coefficient (Wildman–Crippen LogP) is -2.89. The third-order valence-electron chi connectivity index (χ3n) is 4.37. The summed E-state index contributed by atoms with van der Waals surface area (Å²) in [5.74, 6) is -8.35. The van der Waals surface area contributed by atoms with Gasteiger partial charge in [0.25, 0.3) is 0 Å². The van der Waals surface area contributed by atoms with Crippen LogP contribution in [0.25, 0.3) is 0 Å². The number of amides is 4. The summed E-state index contributed by atoms with van der Waals surface area (Å²) in [4.78, 5) is 81.6. The van der Waals surface area contributed by atoms with Crippen LogP contribution < -0.4 is 27.4 Å². The van der Waals surface area contributed by atoms with E-state index in [2.05, 4.69) is 10.6 Å². The first-order valence-electron chi connectivity index (χ1n) is 10.2. The third-order valence-corrected chi connectivity index (χ3v) is 4.37. The third kappa shape index (κ3) is 12.3. The highest BCUT2D eigenvalue weighted by Crippen LogP contribution is 2.08. The van der Waals surface area contributed by atoms with E-state index < -0.39 is 91.4 Å². The summed E-state index contributed by atoms with van der Waals surface area (Å²) in [6, 6.07) is -5.99. The van der Waals surface area contributed by atoms with Crippen molar-refractivity contribution in [2.45, 2.75) is 70.1 Å². The van der Waals surface area contributed by atoms with Crippen LogP contribution in [-0.2, 0) is 33.6 Å². The number of hydrogen-bond acceptors (Lipinski definition) is 8. The fourth-order valence-corrected chi connectivity index (χ4v) is 2.74. The van der Waals surface area contributed by atoms with Crippen LogP contribution in [0.3, 0.4) is 0 Å². The molecule has 0 radical (unpaired) electrons. The Labute approximate surface area is 194 Å². The van der Waals surface area contributed by atoms with Gasteiger partial charge >= 0.3 is 17.9 Å². The first-order valence-corrected chi connectivity index (χ1v) is 10.2. The van der Waals surface area contributed by atoms with Gasteiger partial charge in [-0.1, -0.05) is 13.8 Å².